The summed E-state index contributed by atoms with van der Waals surface area (Å²) in [6.07, 6.45) is 1.48. The van der Waals surface area contributed by atoms with E-state index in [1.54, 1.807) is 4.90 Å². The van der Waals surface area contributed by atoms with Crippen molar-refractivity contribution in [1.29, 1.82) is 0 Å². The molecule has 1 aliphatic rings. The molecule has 1 aromatic carbocycles. The van der Waals surface area contributed by atoms with E-state index in [9.17, 15) is 9.59 Å². The molecule has 6 nitrogen and oxygen atoms in total. The molecule has 0 fully saturated rings. The smallest absolute Gasteiger partial charge is 0.407 e. The predicted molar refractivity (Wildman–Crippen MR) is 89.7 cm³/mol. The standard InChI is InChI=1S/C17H25N3O3/c1-17(2,3)23-16(22)19-11-10-18-15(21)20-12-6-8-13-7-4-5-9-14(13)20/h4-5,7,9H,6,8,10-12H2,1-3H3,(H,18,21)(H,19,22). The van der Waals surface area contributed by atoms with Crippen LogP contribution in [0.25, 0.3) is 0 Å². The number of nitrogens with zero attached hydrogens (tertiary/aromatic N) is 1. The Bertz CT molecular complexity index is 566. The number of alkyl carbamates (subject to hydrolysis) is 1. The molecule has 23 heavy (non-hydrogen) atoms. The molecule has 0 radical (unpaired) electrons. The number of benzene rings is 1. The lowest BCUT2D eigenvalue weighted by molar-refractivity contribution is 0.0528. The maximum atomic E-state index is 12.3. The molecule has 0 saturated heterocycles. The number of rotatable bonds is 3. The molecule has 0 atom stereocenters. The minimum atomic E-state index is -0.523. The van der Waals surface area contributed by atoms with Gasteiger partial charge in [-0.25, -0.2) is 9.59 Å². The highest BCUT2D eigenvalue weighted by molar-refractivity contribution is 5.93. The highest BCUT2D eigenvalue weighted by atomic mass is 16.6. The summed E-state index contributed by atoms with van der Waals surface area (Å²) in [4.78, 5) is 25.6. The van der Waals surface area contributed by atoms with Crippen LogP contribution >= 0.6 is 0 Å². The summed E-state index contributed by atoms with van der Waals surface area (Å²) < 4.78 is 5.13. The van der Waals surface area contributed by atoms with E-state index in [-0.39, 0.29) is 6.03 Å². The van der Waals surface area contributed by atoms with E-state index in [0.717, 1.165) is 18.5 Å². The Labute approximate surface area is 137 Å². The number of nitrogens with one attached hydrogen (secondary N) is 2. The van der Waals surface area contributed by atoms with Crippen LogP contribution in [0.3, 0.4) is 0 Å². The van der Waals surface area contributed by atoms with Gasteiger partial charge >= 0.3 is 12.1 Å². The van der Waals surface area contributed by atoms with Crippen LogP contribution in [0.2, 0.25) is 0 Å². The fourth-order valence-corrected chi connectivity index (χ4v) is 2.49. The van der Waals surface area contributed by atoms with Crippen LogP contribution in [0.4, 0.5) is 15.3 Å². The van der Waals surface area contributed by atoms with Crippen molar-refractivity contribution in [2.75, 3.05) is 24.5 Å². The number of carbonyl (C=O) groups excluding carboxylic acids is 2. The van der Waals surface area contributed by atoms with Crippen LogP contribution in [0, 0.1) is 0 Å². The summed E-state index contributed by atoms with van der Waals surface area (Å²) in [5.41, 5.74) is 1.64. The monoisotopic (exact) mass is 319 g/mol. The fraction of sp³-hybridized carbons (Fsp3) is 0.529. The summed E-state index contributed by atoms with van der Waals surface area (Å²) in [7, 11) is 0. The molecule has 0 saturated carbocycles. The van der Waals surface area contributed by atoms with Crippen LogP contribution in [0.1, 0.15) is 32.8 Å². The number of amides is 3. The fourth-order valence-electron chi connectivity index (χ4n) is 2.49. The molecule has 0 aliphatic carbocycles. The minimum Gasteiger partial charge on any atom is -0.444 e. The molecule has 2 N–H and O–H groups in total. The van der Waals surface area contributed by atoms with E-state index in [1.165, 1.54) is 5.56 Å². The molecule has 3 amide bonds. The van der Waals surface area contributed by atoms with Crippen molar-refractivity contribution in [3.05, 3.63) is 29.8 Å². The van der Waals surface area contributed by atoms with Gasteiger partial charge in [0.25, 0.3) is 0 Å². The molecule has 6 heteroatoms. The largest absolute Gasteiger partial charge is 0.444 e. The number of anilines is 1. The first-order valence-electron chi connectivity index (χ1n) is 7.97. The zero-order valence-corrected chi connectivity index (χ0v) is 14.0. The van der Waals surface area contributed by atoms with Crippen LogP contribution in [-0.4, -0.2) is 37.4 Å². The Balaban J connectivity index is 1.77. The van der Waals surface area contributed by atoms with E-state index in [0.29, 0.717) is 19.6 Å². The molecule has 1 heterocycles. The number of para-hydroxylation sites is 1. The maximum absolute atomic E-state index is 12.3. The van der Waals surface area contributed by atoms with Gasteiger partial charge in [0.2, 0.25) is 0 Å². The third kappa shape index (κ3) is 5.16. The zero-order chi connectivity index (χ0) is 16.9. The van der Waals surface area contributed by atoms with E-state index in [2.05, 4.69) is 16.7 Å². The van der Waals surface area contributed by atoms with Gasteiger partial charge in [-0.15, -0.1) is 0 Å². The van der Waals surface area contributed by atoms with Crippen molar-refractivity contribution in [2.45, 2.75) is 39.2 Å². The van der Waals surface area contributed by atoms with Gasteiger partial charge in [0.05, 0.1) is 0 Å². The number of hydrogen-bond acceptors (Lipinski definition) is 3. The van der Waals surface area contributed by atoms with Crippen molar-refractivity contribution in [2.24, 2.45) is 0 Å². The maximum Gasteiger partial charge on any atom is 0.407 e. The van der Waals surface area contributed by atoms with Gasteiger partial charge in [-0.1, -0.05) is 18.2 Å². The van der Waals surface area contributed by atoms with Crippen molar-refractivity contribution < 1.29 is 14.3 Å². The summed E-state index contributed by atoms with van der Waals surface area (Å²) in [5.74, 6) is 0. The van der Waals surface area contributed by atoms with Crippen molar-refractivity contribution in [3.63, 3.8) is 0 Å². The Morgan fingerprint density at radius 1 is 1.17 bits per heavy atom. The number of urea groups is 1. The molecule has 0 bridgehead atoms. The number of carbonyl (C=O) groups is 2. The molecule has 0 spiro atoms. The van der Waals surface area contributed by atoms with Gasteiger partial charge in [-0.05, 0) is 45.2 Å². The average Bonchev–Trinajstić information content (AvgIpc) is 2.49. The second-order valence-corrected chi connectivity index (χ2v) is 6.54. The third-order valence-corrected chi connectivity index (χ3v) is 3.42. The summed E-state index contributed by atoms with van der Waals surface area (Å²) in [5, 5.41) is 5.45. The van der Waals surface area contributed by atoms with Crippen molar-refractivity contribution in [1.82, 2.24) is 10.6 Å². The molecule has 0 aromatic heterocycles. The first-order valence-corrected chi connectivity index (χ1v) is 7.97. The molecule has 2 rings (SSSR count). The Morgan fingerprint density at radius 2 is 1.87 bits per heavy atom. The quantitative estimate of drug-likeness (QED) is 0.842. The summed E-state index contributed by atoms with van der Waals surface area (Å²) in [6.45, 7) is 6.82. The average molecular weight is 319 g/mol. The normalized spacial score (nSPS) is 14.0. The molecular formula is C17H25N3O3. The first-order chi connectivity index (χ1) is 10.9. The Kier molecular flexibility index (Phi) is 5.47. The lowest BCUT2D eigenvalue weighted by Crippen LogP contribution is -2.45. The predicted octanol–water partition coefficient (Wildman–Crippen LogP) is 2.67. The first kappa shape index (κ1) is 17.1. The van der Waals surface area contributed by atoms with Gasteiger partial charge in [0, 0.05) is 25.3 Å². The minimum absolute atomic E-state index is 0.136. The molecule has 1 aromatic rings. The van der Waals surface area contributed by atoms with E-state index in [4.69, 9.17) is 4.74 Å². The van der Waals surface area contributed by atoms with Crippen molar-refractivity contribution in [3.8, 4) is 0 Å². The van der Waals surface area contributed by atoms with Gasteiger partial charge in [-0.3, -0.25) is 4.90 Å². The highest BCUT2D eigenvalue weighted by Gasteiger charge is 2.21. The summed E-state index contributed by atoms with van der Waals surface area (Å²) >= 11 is 0. The zero-order valence-electron chi connectivity index (χ0n) is 14.0. The topological polar surface area (TPSA) is 70.7 Å². The van der Waals surface area contributed by atoms with Crippen LogP contribution in [-0.2, 0) is 11.2 Å². The lowest BCUT2D eigenvalue weighted by atomic mass is 10.0. The molecular weight excluding hydrogens is 294 g/mol. The van der Waals surface area contributed by atoms with Gasteiger partial charge in [-0.2, -0.15) is 0 Å². The van der Waals surface area contributed by atoms with E-state index in [1.807, 2.05) is 39.0 Å². The van der Waals surface area contributed by atoms with Crippen LogP contribution in [0.15, 0.2) is 24.3 Å². The number of ether oxygens (including phenoxy) is 1. The Hall–Kier alpha value is -2.24. The lowest BCUT2D eigenvalue weighted by Gasteiger charge is -2.29. The van der Waals surface area contributed by atoms with Gasteiger partial charge in [0.1, 0.15) is 5.60 Å². The SMILES string of the molecule is CC(C)(C)OC(=O)NCCNC(=O)N1CCCc2ccccc21. The Morgan fingerprint density at radius 3 is 2.61 bits per heavy atom. The van der Waals surface area contributed by atoms with Gasteiger partial charge < -0.3 is 15.4 Å². The second kappa shape index (κ2) is 7.35. The van der Waals surface area contributed by atoms with E-state index >= 15 is 0 Å². The number of aryl methyl sites for hydroxylation is 1. The van der Waals surface area contributed by atoms with Crippen LogP contribution < -0.4 is 15.5 Å². The number of fused-ring (bicyclic) bond motifs is 1. The summed E-state index contributed by atoms with van der Waals surface area (Å²) in [6, 6.07) is 7.81. The molecule has 126 valence electrons. The second-order valence-electron chi connectivity index (χ2n) is 6.54. The van der Waals surface area contributed by atoms with Crippen molar-refractivity contribution >= 4 is 17.8 Å². The molecule has 1 aliphatic heterocycles. The number of hydrogen-bond donors (Lipinski definition) is 2. The molecule has 0 unspecified atom stereocenters. The third-order valence-electron chi connectivity index (χ3n) is 3.42. The van der Waals surface area contributed by atoms with Crippen LogP contribution in [0.5, 0.6) is 0 Å². The van der Waals surface area contributed by atoms with E-state index < -0.39 is 11.7 Å². The highest BCUT2D eigenvalue weighted by Crippen LogP contribution is 2.26. The van der Waals surface area contributed by atoms with Gasteiger partial charge in [0.15, 0.2) is 0 Å².